The first-order valence-electron chi connectivity index (χ1n) is 10.7. The number of carbonyl (C=O) groups is 1. The summed E-state index contributed by atoms with van der Waals surface area (Å²) in [7, 11) is 1.84. The lowest BCUT2D eigenvalue weighted by atomic mass is 9.96. The van der Waals surface area contributed by atoms with Crippen LogP contribution >= 0.6 is 0 Å². The molecule has 0 saturated carbocycles. The smallest absolute Gasteiger partial charge is 0.321 e. The van der Waals surface area contributed by atoms with Crippen LogP contribution in [0.2, 0.25) is 0 Å². The van der Waals surface area contributed by atoms with Gasteiger partial charge in [-0.15, -0.1) is 0 Å². The van der Waals surface area contributed by atoms with Crippen LogP contribution in [-0.2, 0) is 0 Å². The molecule has 0 bridgehead atoms. The third-order valence-corrected chi connectivity index (χ3v) is 5.44. The van der Waals surface area contributed by atoms with E-state index in [1.54, 1.807) is 4.90 Å². The van der Waals surface area contributed by atoms with Crippen molar-refractivity contribution < 1.29 is 14.6 Å². The Balaban J connectivity index is 1.45. The second kappa shape index (κ2) is 10.5. The Morgan fingerprint density at radius 1 is 1.20 bits per heavy atom. The van der Waals surface area contributed by atoms with Gasteiger partial charge in [0.2, 0.25) is 0 Å². The lowest BCUT2D eigenvalue weighted by molar-refractivity contribution is 0.0951. The van der Waals surface area contributed by atoms with Crippen LogP contribution in [0.5, 0.6) is 11.5 Å². The van der Waals surface area contributed by atoms with Crippen molar-refractivity contribution >= 4 is 11.7 Å². The summed E-state index contributed by atoms with van der Waals surface area (Å²) in [5.41, 5.74) is 1.89. The van der Waals surface area contributed by atoms with Gasteiger partial charge in [-0.1, -0.05) is 12.1 Å². The first-order chi connectivity index (χ1) is 14.4. The van der Waals surface area contributed by atoms with Crippen molar-refractivity contribution in [2.24, 2.45) is 5.92 Å². The lowest BCUT2D eigenvalue weighted by Gasteiger charge is -2.34. The number of ether oxygens (including phenoxy) is 1. The molecule has 2 N–H and O–H groups in total. The summed E-state index contributed by atoms with van der Waals surface area (Å²) in [5.74, 6) is 2.03. The number of nitrogens with zero attached hydrogens (tertiary/aromatic N) is 2. The van der Waals surface area contributed by atoms with Crippen molar-refractivity contribution in [2.45, 2.75) is 32.8 Å². The Kier molecular flexibility index (Phi) is 7.71. The highest BCUT2D eigenvalue weighted by Crippen LogP contribution is 2.24. The number of rotatable bonds is 7. The van der Waals surface area contributed by atoms with Gasteiger partial charge >= 0.3 is 6.03 Å². The maximum Gasteiger partial charge on any atom is 0.321 e. The predicted octanol–water partition coefficient (Wildman–Crippen LogP) is 4.34. The van der Waals surface area contributed by atoms with Gasteiger partial charge in [-0.2, -0.15) is 0 Å². The molecule has 2 aromatic rings. The van der Waals surface area contributed by atoms with E-state index < -0.39 is 0 Å². The fourth-order valence-electron chi connectivity index (χ4n) is 3.84. The van der Waals surface area contributed by atoms with E-state index in [1.165, 1.54) is 0 Å². The molecule has 1 atom stereocenters. The molecular weight excluding hydrogens is 378 g/mol. The standard InChI is InChI=1S/C24H33N3O3/c1-18-5-4-6-23(15-18)30-22-9-7-21(8-10-22)25-24(29)26(3)17-20-11-13-27(14-12-20)16-19(2)28/h4-10,15,19-20,28H,11-14,16-17H2,1-3H3,(H,25,29). The third-order valence-electron chi connectivity index (χ3n) is 5.44. The van der Waals surface area contributed by atoms with Crippen LogP contribution in [0.1, 0.15) is 25.3 Å². The van der Waals surface area contributed by atoms with E-state index >= 15 is 0 Å². The van der Waals surface area contributed by atoms with E-state index in [1.807, 2.05) is 69.4 Å². The highest BCUT2D eigenvalue weighted by atomic mass is 16.5. The topological polar surface area (TPSA) is 65.0 Å². The van der Waals surface area contributed by atoms with Gasteiger partial charge in [-0.3, -0.25) is 0 Å². The van der Waals surface area contributed by atoms with Gasteiger partial charge in [-0.25, -0.2) is 4.79 Å². The van der Waals surface area contributed by atoms with E-state index in [2.05, 4.69) is 10.2 Å². The number of carbonyl (C=O) groups excluding carboxylic acids is 1. The van der Waals surface area contributed by atoms with Gasteiger partial charge in [0.1, 0.15) is 11.5 Å². The van der Waals surface area contributed by atoms with Crippen LogP contribution in [0.25, 0.3) is 0 Å². The Morgan fingerprint density at radius 3 is 2.53 bits per heavy atom. The molecule has 1 unspecified atom stereocenters. The Morgan fingerprint density at radius 2 is 1.90 bits per heavy atom. The van der Waals surface area contributed by atoms with E-state index in [-0.39, 0.29) is 12.1 Å². The quantitative estimate of drug-likeness (QED) is 0.711. The van der Waals surface area contributed by atoms with Crippen LogP contribution in [0.3, 0.4) is 0 Å². The van der Waals surface area contributed by atoms with E-state index in [4.69, 9.17) is 4.74 Å². The summed E-state index contributed by atoms with van der Waals surface area (Å²) in [6.07, 6.45) is 1.81. The number of β-amino-alcohol motifs (C(OH)–C–C–N with tert-alkyl or cyclic N) is 1. The number of amides is 2. The second-order valence-electron chi connectivity index (χ2n) is 8.35. The zero-order valence-electron chi connectivity index (χ0n) is 18.2. The number of nitrogens with one attached hydrogen (secondary N) is 1. The van der Waals surface area contributed by atoms with Crippen LogP contribution in [0.15, 0.2) is 48.5 Å². The summed E-state index contributed by atoms with van der Waals surface area (Å²) in [4.78, 5) is 16.6. The monoisotopic (exact) mass is 411 g/mol. The molecule has 162 valence electrons. The van der Waals surface area contributed by atoms with Crippen LogP contribution in [0.4, 0.5) is 10.5 Å². The number of anilines is 1. The van der Waals surface area contributed by atoms with Crippen LogP contribution < -0.4 is 10.1 Å². The first kappa shape index (κ1) is 22.1. The average molecular weight is 412 g/mol. The minimum atomic E-state index is -0.288. The number of piperidine rings is 1. The van der Waals surface area contributed by atoms with Gasteiger partial charge < -0.3 is 25.0 Å². The number of hydrogen-bond acceptors (Lipinski definition) is 4. The minimum Gasteiger partial charge on any atom is -0.457 e. The van der Waals surface area contributed by atoms with E-state index in [9.17, 15) is 9.90 Å². The maximum atomic E-state index is 12.5. The average Bonchev–Trinajstić information content (AvgIpc) is 2.70. The van der Waals surface area contributed by atoms with Crippen LogP contribution in [0, 0.1) is 12.8 Å². The van der Waals surface area contributed by atoms with Gasteiger partial charge in [0.05, 0.1) is 6.10 Å². The number of urea groups is 1. The molecule has 0 aromatic heterocycles. The van der Waals surface area contributed by atoms with Crippen molar-refractivity contribution in [2.75, 3.05) is 38.5 Å². The Labute approximate surface area is 179 Å². The first-order valence-corrected chi connectivity index (χ1v) is 10.7. The Bertz CT molecular complexity index is 815. The molecule has 1 fully saturated rings. The number of aliphatic hydroxyl groups excluding tert-OH is 1. The zero-order chi connectivity index (χ0) is 21.5. The Hall–Kier alpha value is -2.57. The van der Waals surface area contributed by atoms with Gasteiger partial charge in [0.15, 0.2) is 0 Å². The third kappa shape index (κ3) is 6.75. The van der Waals surface area contributed by atoms with Gasteiger partial charge in [0, 0.05) is 25.8 Å². The highest BCUT2D eigenvalue weighted by molar-refractivity contribution is 5.89. The summed E-state index contributed by atoms with van der Waals surface area (Å²) >= 11 is 0. The SMILES string of the molecule is Cc1cccc(Oc2ccc(NC(=O)N(C)CC3CCN(CC(C)O)CC3)cc2)c1. The van der Waals surface area contributed by atoms with Crippen molar-refractivity contribution in [1.29, 1.82) is 0 Å². The predicted molar refractivity (Wildman–Crippen MR) is 120 cm³/mol. The normalized spacial score (nSPS) is 16.1. The van der Waals surface area contributed by atoms with Crippen molar-refractivity contribution in [1.82, 2.24) is 9.80 Å². The van der Waals surface area contributed by atoms with Crippen LogP contribution in [-0.4, -0.2) is 60.3 Å². The molecule has 1 aliphatic rings. The number of hydrogen-bond donors (Lipinski definition) is 2. The van der Waals surface area contributed by atoms with Crippen molar-refractivity contribution in [3.63, 3.8) is 0 Å². The highest BCUT2D eigenvalue weighted by Gasteiger charge is 2.22. The summed E-state index contributed by atoms with van der Waals surface area (Å²) in [6, 6.07) is 15.2. The summed E-state index contributed by atoms with van der Waals surface area (Å²) in [5, 5.41) is 12.5. The maximum absolute atomic E-state index is 12.5. The molecule has 0 radical (unpaired) electrons. The largest absolute Gasteiger partial charge is 0.457 e. The van der Waals surface area contributed by atoms with Gasteiger partial charge in [0.25, 0.3) is 0 Å². The van der Waals surface area contributed by atoms with Gasteiger partial charge in [-0.05, 0) is 87.7 Å². The van der Waals surface area contributed by atoms with Crippen molar-refractivity contribution in [3.8, 4) is 11.5 Å². The van der Waals surface area contributed by atoms with Crippen molar-refractivity contribution in [3.05, 3.63) is 54.1 Å². The van der Waals surface area contributed by atoms with E-state index in [0.717, 1.165) is 61.8 Å². The number of benzene rings is 2. The summed E-state index contributed by atoms with van der Waals surface area (Å²) in [6.45, 7) is 7.28. The molecule has 6 nitrogen and oxygen atoms in total. The molecular formula is C24H33N3O3. The molecule has 1 aliphatic heterocycles. The molecule has 3 rings (SSSR count). The molecule has 2 aromatic carbocycles. The number of aliphatic hydroxyl groups is 1. The molecule has 0 spiro atoms. The number of likely N-dealkylation sites (tertiary alicyclic amines) is 1. The molecule has 2 amide bonds. The summed E-state index contributed by atoms with van der Waals surface area (Å²) < 4.78 is 5.86. The number of aryl methyl sites for hydroxylation is 1. The minimum absolute atomic E-state index is 0.103. The fourth-order valence-corrected chi connectivity index (χ4v) is 3.84. The molecule has 6 heteroatoms. The molecule has 30 heavy (non-hydrogen) atoms. The molecule has 0 aliphatic carbocycles. The lowest BCUT2D eigenvalue weighted by Crippen LogP contribution is -2.42. The zero-order valence-corrected chi connectivity index (χ0v) is 18.2. The second-order valence-corrected chi connectivity index (χ2v) is 8.35. The molecule has 1 saturated heterocycles. The van der Waals surface area contributed by atoms with E-state index in [0.29, 0.717) is 5.92 Å². The molecule has 1 heterocycles. The fraction of sp³-hybridized carbons (Fsp3) is 0.458.